The molecule has 0 spiro atoms. The zero-order valence-electron chi connectivity index (χ0n) is 12.2. The van der Waals surface area contributed by atoms with Gasteiger partial charge in [-0.1, -0.05) is 18.2 Å². The van der Waals surface area contributed by atoms with Crippen molar-refractivity contribution in [1.82, 2.24) is 5.32 Å². The molecule has 0 aliphatic rings. The van der Waals surface area contributed by atoms with Crippen molar-refractivity contribution in [3.63, 3.8) is 0 Å². The summed E-state index contributed by atoms with van der Waals surface area (Å²) in [6, 6.07) is 11.1. The van der Waals surface area contributed by atoms with Crippen LogP contribution in [0.15, 0.2) is 41.8 Å². The molecule has 0 saturated heterocycles. The third-order valence-corrected chi connectivity index (χ3v) is 3.80. The highest BCUT2D eigenvalue weighted by Crippen LogP contribution is 2.11. The van der Waals surface area contributed by atoms with Crippen LogP contribution in [0.4, 0.5) is 0 Å². The second-order valence-corrected chi connectivity index (χ2v) is 5.45. The van der Waals surface area contributed by atoms with Crippen molar-refractivity contribution in [3.05, 3.63) is 52.2 Å². The van der Waals surface area contributed by atoms with Crippen LogP contribution in [-0.2, 0) is 16.0 Å². The Hall–Kier alpha value is -2.34. The van der Waals surface area contributed by atoms with E-state index in [-0.39, 0.29) is 12.5 Å². The average molecular weight is 319 g/mol. The second-order valence-electron chi connectivity index (χ2n) is 4.50. The average Bonchev–Trinajstić information content (AvgIpc) is 3.08. The van der Waals surface area contributed by atoms with Crippen LogP contribution in [0.1, 0.15) is 15.2 Å². The van der Waals surface area contributed by atoms with Crippen LogP contribution in [-0.4, -0.2) is 32.1 Å². The molecule has 0 aliphatic carbocycles. The van der Waals surface area contributed by atoms with Crippen molar-refractivity contribution in [2.24, 2.45) is 0 Å². The lowest BCUT2D eigenvalue weighted by atomic mass is 10.1. The van der Waals surface area contributed by atoms with E-state index in [4.69, 9.17) is 9.47 Å². The fourth-order valence-electron chi connectivity index (χ4n) is 1.79. The Morgan fingerprint density at radius 2 is 1.95 bits per heavy atom. The van der Waals surface area contributed by atoms with Crippen LogP contribution in [0.2, 0.25) is 0 Å². The molecule has 116 valence electrons. The zero-order valence-corrected chi connectivity index (χ0v) is 13.0. The van der Waals surface area contributed by atoms with Gasteiger partial charge in [0.25, 0.3) is 5.91 Å². The van der Waals surface area contributed by atoms with Crippen LogP contribution in [0.3, 0.4) is 0 Å². The first-order valence-corrected chi connectivity index (χ1v) is 7.67. The summed E-state index contributed by atoms with van der Waals surface area (Å²) in [5, 5.41) is 4.50. The van der Waals surface area contributed by atoms with Gasteiger partial charge >= 0.3 is 5.97 Å². The predicted molar refractivity (Wildman–Crippen MR) is 84.3 cm³/mol. The highest BCUT2D eigenvalue weighted by molar-refractivity contribution is 7.11. The van der Waals surface area contributed by atoms with Crippen LogP contribution < -0.4 is 10.1 Å². The van der Waals surface area contributed by atoms with Gasteiger partial charge in [-0.25, -0.2) is 4.79 Å². The molecule has 0 saturated carbocycles. The molecule has 0 fully saturated rings. The van der Waals surface area contributed by atoms with E-state index in [1.807, 2.05) is 24.3 Å². The van der Waals surface area contributed by atoms with E-state index in [0.29, 0.717) is 17.8 Å². The Morgan fingerprint density at radius 1 is 1.18 bits per heavy atom. The highest BCUT2D eigenvalue weighted by Gasteiger charge is 2.10. The number of thiophene rings is 1. The number of carbonyl (C=O) groups is 2. The van der Waals surface area contributed by atoms with Crippen LogP contribution in [0, 0.1) is 0 Å². The van der Waals surface area contributed by atoms with Gasteiger partial charge in [0.1, 0.15) is 10.6 Å². The van der Waals surface area contributed by atoms with Crippen LogP contribution in [0.25, 0.3) is 0 Å². The topological polar surface area (TPSA) is 64.6 Å². The molecule has 22 heavy (non-hydrogen) atoms. The van der Waals surface area contributed by atoms with Gasteiger partial charge in [-0.2, -0.15) is 0 Å². The van der Waals surface area contributed by atoms with Gasteiger partial charge in [0.15, 0.2) is 6.61 Å². The van der Waals surface area contributed by atoms with Crippen molar-refractivity contribution < 1.29 is 19.1 Å². The molecule has 1 N–H and O–H groups in total. The summed E-state index contributed by atoms with van der Waals surface area (Å²) in [7, 11) is 1.62. The summed E-state index contributed by atoms with van der Waals surface area (Å²) in [4.78, 5) is 23.7. The Morgan fingerprint density at radius 3 is 2.59 bits per heavy atom. The summed E-state index contributed by atoms with van der Waals surface area (Å²) in [5.74, 6) is 0.0204. The molecular formula is C16H17NO4S. The molecule has 1 heterocycles. The van der Waals surface area contributed by atoms with Gasteiger partial charge in [-0.05, 0) is 35.6 Å². The molecule has 0 aliphatic heterocycles. The van der Waals surface area contributed by atoms with E-state index >= 15 is 0 Å². The van der Waals surface area contributed by atoms with Gasteiger partial charge in [-0.3, -0.25) is 4.79 Å². The van der Waals surface area contributed by atoms with E-state index in [9.17, 15) is 9.59 Å². The molecule has 1 aromatic heterocycles. The lowest BCUT2D eigenvalue weighted by molar-refractivity contribution is -0.124. The number of hydrogen-bond donors (Lipinski definition) is 1. The summed E-state index contributed by atoms with van der Waals surface area (Å²) in [5.41, 5.74) is 1.09. The molecule has 1 amide bonds. The third-order valence-electron chi connectivity index (χ3n) is 2.95. The molecule has 2 rings (SSSR count). The summed E-state index contributed by atoms with van der Waals surface area (Å²) >= 11 is 1.28. The fourth-order valence-corrected chi connectivity index (χ4v) is 2.40. The van der Waals surface area contributed by atoms with Crippen molar-refractivity contribution in [2.45, 2.75) is 6.42 Å². The first-order chi connectivity index (χ1) is 10.7. The smallest absolute Gasteiger partial charge is 0.348 e. The van der Waals surface area contributed by atoms with E-state index in [2.05, 4.69) is 5.32 Å². The van der Waals surface area contributed by atoms with Crippen LogP contribution >= 0.6 is 11.3 Å². The lowest BCUT2D eigenvalue weighted by Crippen LogP contribution is -2.30. The quantitative estimate of drug-likeness (QED) is 0.795. The maximum absolute atomic E-state index is 11.6. The molecule has 6 heteroatoms. The van der Waals surface area contributed by atoms with E-state index in [1.54, 1.807) is 24.6 Å². The number of nitrogens with one attached hydrogen (secondary N) is 1. The Balaban J connectivity index is 1.66. The lowest BCUT2D eigenvalue weighted by Gasteiger charge is -2.06. The summed E-state index contributed by atoms with van der Waals surface area (Å²) in [6.45, 7) is 0.223. The number of amides is 1. The Labute approximate surface area is 132 Å². The number of carbonyl (C=O) groups excluding carboxylic acids is 2. The van der Waals surface area contributed by atoms with Gasteiger partial charge in [0.05, 0.1) is 7.11 Å². The van der Waals surface area contributed by atoms with Crippen molar-refractivity contribution in [3.8, 4) is 5.75 Å². The van der Waals surface area contributed by atoms with Crippen LogP contribution in [0.5, 0.6) is 5.75 Å². The SMILES string of the molecule is COc1ccc(CCNC(=O)COC(=O)c2cccs2)cc1. The van der Waals surface area contributed by atoms with Gasteiger partial charge < -0.3 is 14.8 Å². The number of methoxy groups -OCH3 is 1. The maximum atomic E-state index is 11.6. The minimum Gasteiger partial charge on any atom is -0.497 e. The molecule has 1 aromatic carbocycles. The van der Waals surface area contributed by atoms with E-state index < -0.39 is 5.97 Å². The maximum Gasteiger partial charge on any atom is 0.348 e. The molecule has 2 aromatic rings. The largest absolute Gasteiger partial charge is 0.497 e. The number of esters is 1. The van der Waals surface area contributed by atoms with Gasteiger partial charge in [-0.15, -0.1) is 11.3 Å². The van der Waals surface area contributed by atoms with E-state index in [0.717, 1.165) is 11.3 Å². The number of rotatable bonds is 7. The molecule has 0 atom stereocenters. The van der Waals surface area contributed by atoms with Crippen molar-refractivity contribution >= 4 is 23.2 Å². The monoisotopic (exact) mass is 319 g/mol. The normalized spacial score (nSPS) is 10.0. The molecular weight excluding hydrogens is 302 g/mol. The van der Waals surface area contributed by atoms with E-state index in [1.165, 1.54) is 11.3 Å². The van der Waals surface area contributed by atoms with Gasteiger partial charge in [0, 0.05) is 6.54 Å². The minimum atomic E-state index is -0.472. The zero-order chi connectivity index (χ0) is 15.8. The third kappa shape index (κ3) is 4.89. The summed E-state index contributed by atoms with van der Waals surface area (Å²) in [6.07, 6.45) is 0.703. The minimum absolute atomic E-state index is 0.265. The highest BCUT2D eigenvalue weighted by atomic mass is 32.1. The second kappa shape index (κ2) is 8.19. The standard InChI is InChI=1S/C16H17NO4S/c1-20-13-6-4-12(5-7-13)8-9-17-15(18)11-21-16(19)14-3-2-10-22-14/h2-7,10H,8-9,11H2,1H3,(H,17,18). The predicted octanol–water partition coefficient (Wildman–Crippen LogP) is 2.27. The number of benzene rings is 1. The molecule has 0 bridgehead atoms. The first-order valence-electron chi connectivity index (χ1n) is 6.79. The van der Waals surface area contributed by atoms with Gasteiger partial charge in [0.2, 0.25) is 0 Å². The number of ether oxygens (including phenoxy) is 2. The summed E-state index contributed by atoms with van der Waals surface area (Å²) < 4.78 is 10.0. The fraction of sp³-hybridized carbons (Fsp3) is 0.250. The molecule has 0 unspecified atom stereocenters. The van der Waals surface area contributed by atoms with Crippen molar-refractivity contribution in [1.29, 1.82) is 0 Å². The Bertz CT molecular complexity index is 608. The molecule has 5 nitrogen and oxygen atoms in total. The molecule has 0 radical (unpaired) electrons. The van der Waals surface area contributed by atoms with Crippen molar-refractivity contribution in [2.75, 3.05) is 20.3 Å². The Kier molecular flexibility index (Phi) is 5.97. The first kappa shape index (κ1) is 16.0. The number of hydrogen-bond acceptors (Lipinski definition) is 5.